The summed E-state index contributed by atoms with van der Waals surface area (Å²) in [4.78, 5) is 30.3. The van der Waals surface area contributed by atoms with Crippen LogP contribution in [0.25, 0.3) is 0 Å². The highest BCUT2D eigenvalue weighted by atomic mass is 19.2. The summed E-state index contributed by atoms with van der Waals surface area (Å²) in [6, 6.07) is 21.3. The van der Waals surface area contributed by atoms with Crippen molar-refractivity contribution in [2.24, 2.45) is 15.7 Å². The highest BCUT2D eigenvalue weighted by Crippen LogP contribution is 2.28. The molecule has 222 valence electrons. The van der Waals surface area contributed by atoms with Gasteiger partial charge in [0, 0.05) is 45.2 Å². The molecule has 0 radical (unpaired) electrons. The van der Waals surface area contributed by atoms with E-state index in [4.69, 9.17) is 15.9 Å². The molecule has 3 rings (SSSR count). The molecule has 0 fully saturated rings. The number of carbonyl (C=O) groups is 2. The number of hydrogen-bond donors (Lipinski definition) is 4. The Balaban J connectivity index is 0.000000785. The summed E-state index contributed by atoms with van der Waals surface area (Å²) in [7, 11) is 2.21. The van der Waals surface area contributed by atoms with E-state index in [2.05, 4.69) is 9.98 Å². The minimum atomic E-state index is -0.362. The van der Waals surface area contributed by atoms with Crippen molar-refractivity contribution < 1.29 is 28.7 Å². The van der Waals surface area contributed by atoms with E-state index in [1.807, 2.05) is 42.6 Å². The summed E-state index contributed by atoms with van der Waals surface area (Å²) >= 11 is 0. The number of primary amides is 1. The van der Waals surface area contributed by atoms with Crippen LogP contribution in [0.2, 0.25) is 0 Å². The van der Waals surface area contributed by atoms with E-state index < -0.39 is 0 Å². The molecule has 0 saturated carbocycles. The predicted octanol–water partition coefficient (Wildman–Crippen LogP) is 5.45. The van der Waals surface area contributed by atoms with Gasteiger partial charge in [-0.1, -0.05) is 48.9 Å². The number of aryl methyl sites for hydroxylation is 1. The summed E-state index contributed by atoms with van der Waals surface area (Å²) in [5.74, 6) is -0.642. The average molecular weight is 571 g/mol. The number of nitrogens with zero attached hydrogens (tertiary/aromatic N) is 2. The Kier molecular flexibility index (Phi) is 22.4. The van der Waals surface area contributed by atoms with E-state index in [1.54, 1.807) is 30.5 Å². The maximum Gasteiger partial charge on any atom is 0.217 e. The number of aliphatic hydroxyl groups excluding tert-OH is 2. The SMILES string of the molecule is CNF.CO.NC(=O)CCc1cccc(F)c1.O=Cc1ccc(N=Cc2ccccc2)c(N=CCCCCCO)c1. The third kappa shape index (κ3) is 18.7. The van der Waals surface area contributed by atoms with E-state index >= 15 is 0 Å². The molecule has 8 nitrogen and oxygen atoms in total. The van der Waals surface area contributed by atoms with Crippen molar-refractivity contribution in [3.63, 3.8) is 0 Å². The molecule has 3 aromatic carbocycles. The molecule has 1 amide bonds. The van der Waals surface area contributed by atoms with Gasteiger partial charge in [0.2, 0.25) is 5.91 Å². The summed E-state index contributed by atoms with van der Waals surface area (Å²) in [5.41, 5.74) is 10.0. The maximum absolute atomic E-state index is 12.6. The molecule has 0 atom stereocenters. The quantitative estimate of drug-likeness (QED) is 0.0994. The van der Waals surface area contributed by atoms with Crippen molar-refractivity contribution in [2.45, 2.75) is 38.5 Å². The first-order valence-corrected chi connectivity index (χ1v) is 13.0. The molecule has 0 aliphatic carbocycles. The van der Waals surface area contributed by atoms with Crippen LogP contribution >= 0.6 is 0 Å². The normalized spacial score (nSPS) is 10.1. The van der Waals surface area contributed by atoms with Crippen LogP contribution in [0.3, 0.4) is 0 Å². The van der Waals surface area contributed by atoms with Crippen molar-refractivity contribution in [1.82, 2.24) is 5.54 Å². The Labute approximate surface area is 240 Å². The van der Waals surface area contributed by atoms with Crippen LogP contribution in [0.5, 0.6) is 0 Å². The second-order valence-electron chi connectivity index (χ2n) is 8.20. The van der Waals surface area contributed by atoms with Gasteiger partial charge >= 0.3 is 0 Å². The Morgan fingerprint density at radius 1 is 0.927 bits per heavy atom. The van der Waals surface area contributed by atoms with Crippen LogP contribution in [-0.2, 0) is 11.2 Å². The van der Waals surface area contributed by atoms with Crippen LogP contribution < -0.4 is 11.3 Å². The fraction of sp³-hybridized carbons (Fsp3) is 0.290. The summed E-state index contributed by atoms with van der Waals surface area (Å²) in [6.07, 6.45) is 8.85. The number of unbranched alkanes of at least 4 members (excludes halogenated alkanes) is 3. The van der Waals surface area contributed by atoms with E-state index in [9.17, 15) is 18.5 Å². The first kappa shape index (κ1) is 36.9. The lowest BCUT2D eigenvalue weighted by Crippen LogP contribution is -2.11. The number of hydrogen-bond acceptors (Lipinski definition) is 7. The number of nitrogens with two attached hydrogens (primary N) is 1. The van der Waals surface area contributed by atoms with Crippen LogP contribution in [0.1, 0.15) is 53.6 Å². The number of amides is 1. The van der Waals surface area contributed by atoms with Gasteiger partial charge in [-0.15, -0.1) is 4.48 Å². The smallest absolute Gasteiger partial charge is 0.217 e. The first-order chi connectivity index (χ1) is 19.9. The van der Waals surface area contributed by atoms with Gasteiger partial charge in [-0.05, 0) is 67.1 Å². The zero-order valence-corrected chi connectivity index (χ0v) is 23.5. The fourth-order valence-corrected chi connectivity index (χ4v) is 3.16. The third-order valence-corrected chi connectivity index (χ3v) is 5.06. The van der Waals surface area contributed by atoms with Crippen molar-refractivity contribution in [3.8, 4) is 0 Å². The molecule has 0 saturated heterocycles. The lowest BCUT2D eigenvalue weighted by atomic mass is 10.1. The number of halogens is 2. The predicted molar refractivity (Wildman–Crippen MR) is 161 cm³/mol. The molecular formula is C31H40F2N4O4. The van der Waals surface area contributed by atoms with Gasteiger partial charge in [0.25, 0.3) is 0 Å². The highest BCUT2D eigenvalue weighted by Gasteiger charge is 2.01. The second kappa shape index (κ2) is 24.9. The maximum atomic E-state index is 12.6. The Morgan fingerprint density at radius 2 is 1.63 bits per heavy atom. The minimum Gasteiger partial charge on any atom is -0.400 e. The molecule has 10 heteroatoms. The van der Waals surface area contributed by atoms with Crippen molar-refractivity contribution in [2.75, 3.05) is 20.8 Å². The average Bonchev–Trinajstić information content (AvgIpc) is 2.99. The van der Waals surface area contributed by atoms with Crippen LogP contribution in [-0.4, -0.2) is 55.6 Å². The van der Waals surface area contributed by atoms with Crippen molar-refractivity contribution in [1.29, 1.82) is 0 Å². The number of rotatable bonds is 12. The number of aliphatic hydroxyl groups is 2. The fourth-order valence-electron chi connectivity index (χ4n) is 3.16. The standard InChI is InChI=1S/C20H22N2O2.C9H10FNO.CH4FN.CH4O/c23-13-7-2-1-6-12-21-20-14-18(16-24)10-11-19(20)22-15-17-8-4-3-5-9-17;10-8-3-1-2-7(6-8)4-5-9(11)12;1-3-2;1-2/h3-5,8-12,14-16,23H,1-2,6-7,13H2;1-3,6H,4-5H2,(H2,11,12);3H,1H3;2H,1H3. The van der Waals surface area contributed by atoms with Crippen LogP contribution in [0, 0.1) is 5.82 Å². The molecule has 3 aromatic rings. The van der Waals surface area contributed by atoms with Gasteiger partial charge in [-0.25, -0.2) is 4.39 Å². The second-order valence-corrected chi connectivity index (χ2v) is 8.20. The molecular weight excluding hydrogens is 530 g/mol. The van der Waals surface area contributed by atoms with Gasteiger partial charge in [0.05, 0.1) is 11.4 Å². The molecule has 0 spiro atoms. The zero-order valence-electron chi connectivity index (χ0n) is 23.5. The number of aldehydes is 1. The Morgan fingerprint density at radius 3 is 2.24 bits per heavy atom. The minimum absolute atomic E-state index is 0.233. The Hall–Kier alpha value is -4.12. The summed E-state index contributed by atoms with van der Waals surface area (Å²) < 4.78 is 22.6. The zero-order chi connectivity index (χ0) is 30.7. The molecule has 0 aliphatic heterocycles. The molecule has 0 aliphatic rings. The molecule has 41 heavy (non-hydrogen) atoms. The monoisotopic (exact) mass is 570 g/mol. The van der Waals surface area contributed by atoms with E-state index in [0.29, 0.717) is 17.7 Å². The van der Waals surface area contributed by atoms with Gasteiger partial charge in [-0.3, -0.25) is 19.6 Å². The third-order valence-electron chi connectivity index (χ3n) is 5.06. The summed E-state index contributed by atoms with van der Waals surface area (Å²) in [5, 5.41) is 15.8. The number of nitrogens with one attached hydrogen (secondary N) is 1. The highest BCUT2D eigenvalue weighted by molar-refractivity contribution is 5.86. The van der Waals surface area contributed by atoms with E-state index in [-0.39, 0.29) is 24.8 Å². The van der Waals surface area contributed by atoms with E-state index in [1.165, 1.54) is 24.7 Å². The van der Waals surface area contributed by atoms with Gasteiger partial charge in [-0.2, -0.15) is 5.54 Å². The number of aliphatic imine (C=N–C) groups is 2. The Bertz CT molecular complexity index is 1180. The lowest BCUT2D eigenvalue weighted by Gasteiger charge is -2.02. The topological polar surface area (TPSA) is 137 Å². The van der Waals surface area contributed by atoms with Crippen molar-refractivity contribution in [3.05, 3.63) is 95.3 Å². The van der Waals surface area contributed by atoms with Crippen molar-refractivity contribution >= 4 is 36.0 Å². The van der Waals surface area contributed by atoms with Gasteiger partial charge < -0.3 is 15.9 Å². The lowest BCUT2D eigenvalue weighted by molar-refractivity contribution is -0.118. The number of carbonyl (C=O) groups excluding carboxylic acids is 2. The summed E-state index contributed by atoms with van der Waals surface area (Å²) in [6.45, 7) is 0.233. The first-order valence-electron chi connectivity index (χ1n) is 13.0. The van der Waals surface area contributed by atoms with Crippen LogP contribution in [0.4, 0.5) is 20.2 Å². The molecule has 0 unspecified atom stereocenters. The molecule has 0 heterocycles. The van der Waals surface area contributed by atoms with E-state index in [0.717, 1.165) is 55.9 Å². The molecule has 0 bridgehead atoms. The number of benzene rings is 3. The van der Waals surface area contributed by atoms with Crippen LogP contribution in [0.15, 0.2) is 82.8 Å². The molecule has 0 aromatic heterocycles. The van der Waals surface area contributed by atoms with Gasteiger partial charge in [0.1, 0.15) is 12.1 Å². The largest absolute Gasteiger partial charge is 0.400 e. The van der Waals surface area contributed by atoms with Gasteiger partial charge in [0.15, 0.2) is 0 Å². The molecule has 5 N–H and O–H groups in total.